The Morgan fingerprint density at radius 2 is 1.86 bits per heavy atom. The molecule has 0 heterocycles. The van der Waals surface area contributed by atoms with Crippen LogP contribution in [0.1, 0.15) is 58.8 Å². The van der Waals surface area contributed by atoms with E-state index in [9.17, 15) is 15.0 Å². The number of hydrogen-bond donors (Lipinski definition) is 2. The first kappa shape index (κ1) is 14.9. The molecule has 0 aromatic heterocycles. The van der Waals surface area contributed by atoms with Gasteiger partial charge >= 0.3 is 0 Å². The van der Waals surface area contributed by atoms with E-state index in [-0.39, 0.29) is 22.7 Å². The minimum atomic E-state index is -0.462. The quantitative estimate of drug-likeness (QED) is 0.723. The van der Waals surface area contributed by atoms with Crippen LogP contribution in [0.2, 0.25) is 0 Å². The van der Waals surface area contributed by atoms with Gasteiger partial charge in [0.05, 0.1) is 12.2 Å². The van der Waals surface area contributed by atoms with Gasteiger partial charge in [-0.3, -0.25) is 4.79 Å². The molecule has 4 aliphatic carbocycles. The first-order chi connectivity index (χ1) is 10.4. The van der Waals surface area contributed by atoms with Gasteiger partial charge in [0, 0.05) is 6.42 Å². The highest BCUT2D eigenvalue weighted by molar-refractivity contribution is 5.91. The van der Waals surface area contributed by atoms with Gasteiger partial charge in [-0.2, -0.15) is 0 Å². The van der Waals surface area contributed by atoms with Crippen LogP contribution in [0.4, 0.5) is 0 Å². The summed E-state index contributed by atoms with van der Waals surface area (Å²) in [5, 5.41) is 21.2. The zero-order valence-electron chi connectivity index (χ0n) is 13.7. The average Bonchev–Trinajstić information content (AvgIpc) is 2.77. The van der Waals surface area contributed by atoms with Gasteiger partial charge in [0.15, 0.2) is 5.78 Å². The van der Waals surface area contributed by atoms with Crippen LogP contribution in [0, 0.1) is 28.6 Å². The Labute approximate surface area is 132 Å². The van der Waals surface area contributed by atoms with E-state index in [1.807, 2.05) is 0 Å². The summed E-state index contributed by atoms with van der Waals surface area (Å²) in [5.41, 5.74) is 1.04. The van der Waals surface area contributed by atoms with E-state index in [2.05, 4.69) is 13.8 Å². The molecule has 0 amide bonds. The highest BCUT2D eigenvalue weighted by atomic mass is 16.3. The fourth-order valence-electron chi connectivity index (χ4n) is 6.58. The normalized spacial score (nSPS) is 54.3. The van der Waals surface area contributed by atoms with Crippen LogP contribution in [0.3, 0.4) is 0 Å². The first-order valence-electron chi connectivity index (χ1n) is 8.97. The molecule has 0 aromatic carbocycles. The fourth-order valence-corrected chi connectivity index (χ4v) is 6.58. The largest absolute Gasteiger partial charge is 0.393 e. The standard InChI is InChI=1S/C19H28O3/c1-18-7-5-11(20)9-15(18)16(21)10-12-13-3-4-17(22)19(13,2)8-6-14(12)18/h9,12-14,16-17,21-22H,3-8,10H2,1-2H3/t12-,13+,14+,16?,17?,18+,19-/m0/s1. The van der Waals surface area contributed by atoms with E-state index in [4.69, 9.17) is 0 Å². The Bertz CT molecular complexity index is 539. The lowest BCUT2D eigenvalue weighted by atomic mass is 9.47. The topological polar surface area (TPSA) is 57.5 Å². The summed E-state index contributed by atoms with van der Waals surface area (Å²) in [5.74, 6) is 1.79. The molecule has 122 valence electrons. The van der Waals surface area contributed by atoms with Crippen LogP contribution in [-0.4, -0.2) is 28.2 Å². The molecule has 22 heavy (non-hydrogen) atoms. The molecule has 2 unspecified atom stereocenters. The lowest BCUT2D eigenvalue weighted by molar-refractivity contribution is -0.120. The van der Waals surface area contributed by atoms with Crippen molar-refractivity contribution in [3.8, 4) is 0 Å². The number of carbonyl (C=O) groups is 1. The molecular weight excluding hydrogens is 276 g/mol. The highest BCUT2D eigenvalue weighted by Gasteiger charge is 2.60. The van der Waals surface area contributed by atoms with Gasteiger partial charge in [0.1, 0.15) is 0 Å². The van der Waals surface area contributed by atoms with Crippen molar-refractivity contribution in [2.75, 3.05) is 0 Å². The Kier molecular flexibility index (Phi) is 3.16. The van der Waals surface area contributed by atoms with Crippen molar-refractivity contribution in [1.29, 1.82) is 0 Å². The summed E-state index contributed by atoms with van der Waals surface area (Å²) in [6, 6.07) is 0. The number of rotatable bonds is 0. The van der Waals surface area contributed by atoms with E-state index in [0.717, 1.165) is 44.1 Å². The summed E-state index contributed by atoms with van der Waals surface area (Å²) in [7, 11) is 0. The minimum absolute atomic E-state index is 0.00881. The second-order valence-electron chi connectivity index (χ2n) is 8.75. The highest BCUT2D eigenvalue weighted by Crippen LogP contribution is 2.65. The van der Waals surface area contributed by atoms with E-state index < -0.39 is 6.10 Å². The number of aliphatic hydroxyl groups excluding tert-OH is 2. The maximum atomic E-state index is 11.8. The molecule has 0 bridgehead atoms. The molecule has 4 aliphatic rings. The lowest BCUT2D eigenvalue weighted by Gasteiger charge is -2.58. The van der Waals surface area contributed by atoms with Crippen LogP contribution in [-0.2, 0) is 4.79 Å². The Morgan fingerprint density at radius 3 is 2.64 bits per heavy atom. The second kappa shape index (κ2) is 4.67. The van der Waals surface area contributed by atoms with Crippen molar-refractivity contribution in [1.82, 2.24) is 0 Å². The first-order valence-corrected chi connectivity index (χ1v) is 8.97. The van der Waals surface area contributed by atoms with Crippen LogP contribution >= 0.6 is 0 Å². The van der Waals surface area contributed by atoms with E-state index in [1.54, 1.807) is 6.08 Å². The van der Waals surface area contributed by atoms with Crippen molar-refractivity contribution in [2.45, 2.75) is 71.0 Å². The van der Waals surface area contributed by atoms with Gasteiger partial charge in [-0.1, -0.05) is 13.8 Å². The predicted octanol–water partition coefficient (Wildman–Crippen LogP) is 2.85. The Hall–Kier alpha value is -0.670. The van der Waals surface area contributed by atoms with Gasteiger partial charge < -0.3 is 10.2 Å². The van der Waals surface area contributed by atoms with Crippen LogP contribution in [0.5, 0.6) is 0 Å². The van der Waals surface area contributed by atoms with Gasteiger partial charge in [0.25, 0.3) is 0 Å². The van der Waals surface area contributed by atoms with Crippen molar-refractivity contribution in [3.63, 3.8) is 0 Å². The van der Waals surface area contributed by atoms with E-state index >= 15 is 0 Å². The Balaban J connectivity index is 1.73. The summed E-state index contributed by atoms with van der Waals surface area (Å²) in [6.07, 6.45) is 7.65. The molecule has 4 rings (SSSR count). The predicted molar refractivity (Wildman–Crippen MR) is 84.1 cm³/mol. The number of carbonyl (C=O) groups excluding carboxylic acids is 1. The summed E-state index contributed by atoms with van der Waals surface area (Å²) in [6.45, 7) is 4.54. The third-order valence-corrected chi connectivity index (χ3v) is 7.93. The van der Waals surface area contributed by atoms with E-state index in [1.165, 1.54) is 0 Å². The smallest absolute Gasteiger partial charge is 0.155 e. The van der Waals surface area contributed by atoms with Crippen molar-refractivity contribution < 1.29 is 15.0 Å². The summed E-state index contributed by atoms with van der Waals surface area (Å²) >= 11 is 0. The molecule has 0 saturated heterocycles. The number of ketones is 1. The maximum absolute atomic E-state index is 11.8. The monoisotopic (exact) mass is 304 g/mol. The Morgan fingerprint density at radius 1 is 1.09 bits per heavy atom. The molecular formula is C19H28O3. The second-order valence-corrected chi connectivity index (χ2v) is 8.75. The molecule has 0 radical (unpaired) electrons. The SMILES string of the molecule is C[C@]12CCC(=O)C=C1C(O)C[C@@H]1[C@H]2CC[C@]2(C)C(O)CC[C@H]12. The molecule has 7 atom stereocenters. The minimum Gasteiger partial charge on any atom is -0.393 e. The maximum Gasteiger partial charge on any atom is 0.155 e. The molecule has 3 nitrogen and oxygen atoms in total. The number of aliphatic hydroxyl groups is 2. The molecule has 3 saturated carbocycles. The number of fused-ring (bicyclic) bond motifs is 5. The van der Waals surface area contributed by atoms with Gasteiger partial charge in [-0.25, -0.2) is 0 Å². The summed E-state index contributed by atoms with van der Waals surface area (Å²) < 4.78 is 0. The molecule has 0 aliphatic heterocycles. The van der Waals surface area contributed by atoms with Crippen molar-refractivity contribution in [3.05, 3.63) is 11.6 Å². The van der Waals surface area contributed by atoms with Crippen LogP contribution < -0.4 is 0 Å². The van der Waals surface area contributed by atoms with Crippen molar-refractivity contribution in [2.24, 2.45) is 28.6 Å². The van der Waals surface area contributed by atoms with Crippen LogP contribution in [0.25, 0.3) is 0 Å². The van der Waals surface area contributed by atoms with Gasteiger partial charge in [0.2, 0.25) is 0 Å². The van der Waals surface area contributed by atoms with Gasteiger partial charge in [-0.05, 0) is 78.8 Å². The molecule has 3 heteroatoms. The number of hydrogen-bond acceptors (Lipinski definition) is 3. The summed E-state index contributed by atoms with van der Waals surface area (Å²) in [4.78, 5) is 11.8. The zero-order chi connectivity index (χ0) is 15.7. The third-order valence-electron chi connectivity index (χ3n) is 7.93. The lowest BCUT2D eigenvalue weighted by Crippen LogP contribution is -2.54. The molecule has 2 N–H and O–H groups in total. The molecule has 0 spiro atoms. The molecule has 3 fully saturated rings. The third kappa shape index (κ3) is 1.78. The van der Waals surface area contributed by atoms with Crippen LogP contribution in [0.15, 0.2) is 11.6 Å². The average molecular weight is 304 g/mol. The molecule has 0 aromatic rings. The fraction of sp³-hybridized carbons (Fsp3) is 0.842. The van der Waals surface area contributed by atoms with Crippen molar-refractivity contribution >= 4 is 5.78 Å². The van der Waals surface area contributed by atoms with E-state index in [0.29, 0.717) is 24.2 Å². The zero-order valence-corrected chi connectivity index (χ0v) is 13.7. The van der Waals surface area contributed by atoms with Gasteiger partial charge in [-0.15, -0.1) is 0 Å².